The maximum atomic E-state index is 12.2. The number of rotatable bonds is 3. The molecule has 1 aromatic rings. The third kappa shape index (κ3) is 2.99. The van der Waals surface area contributed by atoms with E-state index in [1.54, 1.807) is 12.1 Å². The van der Waals surface area contributed by atoms with E-state index in [1.165, 1.54) is 13.2 Å². The highest BCUT2D eigenvalue weighted by molar-refractivity contribution is 8.18. The van der Waals surface area contributed by atoms with Gasteiger partial charge < -0.3 is 14.2 Å². The Bertz CT molecular complexity index is 747. The molecular formula is C14H10ClNO6S. The third-order valence-corrected chi connectivity index (χ3v) is 4.40. The number of imide groups is 1. The zero-order valence-electron chi connectivity index (χ0n) is 11.8. The normalized spacial score (nSPS) is 18.0. The number of nitrogens with zero attached hydrogens (tertiary/aromatic N) is 1. The Morgan fingerprint density at radius 3 is 2.78 bits per heavy atom. The lowest BCUT2D eigenvalue weighted by molar-refractivity contribution is -0.143. The van der Waals surface area contributed by atoms with Crippen molar-refractivity contribution in [2.45, 2.75) is 0 Å². The first-order chi connectivity index (χ1) is 11.0. The number of carbonyl (C=O) groups excluding carboxylic acids is 3. The van der Waals surface area contributed by atoms with E-state index >= 15 is 0 Å². The molecule has 0 aromatic heterocycles. The summed E-state index contributed by atoms with van der Waals surface area (Å²) in [6.07, 6.45) is 1.48. The number of methoxy groups -OCH3 is 1. The number of amides is 2. The first-order valence-corrected chi connectivity index (χ1v) is 7.60. The van der Waals surface area contributed by atoms with Gasteiger partial charge in [0.25, 0.3) is 11.1 Å². The van der Waals surface area contributed by atoms with Crippen molar-refractivity contribution in [3.8, 4) is 11.5 Å². The molecule has 0 bridgehead atoms. The molecule has 1 aromatic carbocycles. The zero-order valence-corrected chi connectivity index (χ0v) is 13.4. The molecule has 0 atom stereocenters. The van der Waals surface area contributed by atoms with Gasteiger partial charge in [-0.2, -0.15) is 0 Å². The number of thioether (sulfide) groups is 1. The van der Waals surface area contributed by atoms with Crippen LogP contribution in [0.4, 0.5) is 4.79 Å². The number of benzene rings is 1. The molecule has 120 valence electrons. The SMILES string of the molecule is COC(=O)CN1C(=O)S/C(=C\c2cc3c(cc2Cl)OCO3)C1=O. The Morgan fingerprint density at radius 2 is 2.09 bits per heavy atom. The van der Waals surface area contributed by atoms with Gasteiger partial charge in [-0.1, -0.05) is 11.6 Å². The smallest absolute Gasteiger partial charge is 0.325 e. The standard InChI is InChI=1S/C14H10ClNO6S/c1-20-12(17)5-16-13(18)11(23-14(16)19)3-7-2-9-10(4-8(7)15)22-6-21-9/h2-4H,5-6H2,1H3/b11-3-. The van der Waals surface area contributed by atoms with E-state index in [1.807, 2.05) is 0 Å². The van der Waals surface area contributed by atoms with Crippen LogP contribution in [-0.2, 0) is 14.3 Å². The molecule has 1 fully saturated rings. The summed E-state index contributed by atoms with van der Waals surface area (Å²) in [4.78, 5) is 36.3. The highest BCUT2D eigenvalue weighted by Gasteiger charge is 2.36. The molecule has 2 amide bonds. The van der Waals surface area contributed by atoms with E-state index in [9.17, 15) is 14.4 Å². The molecule has 1 saturated heterocycles. The Balaban J connectivity index is 1.88. The second kappa shape index (κ2) is 6.13. The highest BCUT2D eigenvalue weighted by atomic mass is 35.5. The Morgan fingerprint density at radius 1 is 1.39 bits per heavy atom. The molecule has 0 unspecified atom stereocenters. The predicted octanol–water partition coefficient (Wildman–Crippen LogP) is 2.28. The molecule has 0 spiro atoms. The van der Waals surface area contributed by atoms with Crippen molar-refractivity contribution >= 4 is 46.6 Å². The summed E-state index contributed by atoms with van der Waals surface area (Å²) in [6.45, 7) is -0.321. The summed E-state index contributed by atoms with van der Waals surface area (Å²) in [6, 6.07) is 3.20. The van der Waals surface area contributed by atoms with Crippen LogP contribution in [0.2, 0.25) is 5.02 Å². The van der Waals surface area contributed by atoms with Crippen LogP contribution < -0.4 is 9.47 Å². The first-order valence-electron chi connectivity index (χ1n) is 6.41. The van der Waals surface area contributed by atoms with Crippen LogP contribution in [-0.4, -0.2) is 42.5 Å². The zero-order chi connectivity index (χ0) is 16.6. The van der Waals surface area contributed by atoms with Crippen LogP contribution in [0.5, 0.6) is 11.5 Å². The minimum Gasteiger partial charge on any atom is -0.468 e. The second-order valence-corrected chi connectivity index (χ2v) is 5.97. The van der Waals surface area contributed by atoms with Gasteiger partial charge in [-0.15, -0.1) is 0 Å². The van der Waals surface area contributed by atoms with Crippen molar-refractivity contribution in [3.63, 3.8) is 0 Å². The van der Waals surface area contributed by atoms with E-state index in [0.717, 1.165) is 16.7 Å². The van der Waals surface area contributed by atoms with E-state index in [4.69, 9.17) is 21.1 Å². The van der Waals surface area contributed by atoms with Crippen LogP contribution in [0.15, 0.2) is 17.0 Å². The summed E-state index contributed by atoms with van der Waals surface area (Å²) in [5, 5.41) is -0.183. The van der Waals surface area contributed by atoms with Gasteiger partial charge in [-0.25, -0.2) is 0 Å². The van der Waals surface area contributed by atoms with Crippen LogP contribution in [0.3, 0.4) is 0 Å². The second-order valence-electron chi connectivity index (χ2n) is 4.57. The van der Waals surface area contributed by atoms with Gasteiger partial charge in [0, 0.05) is 6.07 Å². The predicted molar refractivity (Wildman–Crippen MR) is 82.3 cm³/mol. The molecule has 2 heterocycles. The average molecular weight is 356 g/mol. The van der Waals surface area contributed by atoms with E-state index in [0.29, 0.717) is 22.1 Å². The lowest BCUT2D eigenvalue weighted by Gasteiger charge is -2.09. The van der Waals surface area contributed by atoms with Crippen molar-refractivity contribution in [2.75, 3.05) is 20.4 Å². The fourth-order valence-electron chi connectivity index (χ4n) is 2.01. The minimum absolute atomic E-state index is 0.102. The van der Waals surface area contributed by atoms with Gasteiger partial charge in [0.1, 0.15) is 6.54 Å². The number of hydrogen-bond donors (Lipinski definition) is 0. The van der Waals surface area contributed by atoms with Crippen LogP contribution in [0.1, 0.15) is 5.56 Å². The van der Waals surface area contributed by atoms with Crippen molar-refractivity contribution in [2.24, 2.45) is 0 Å². The summed E-state index contributed by atoms with van der Waals surface area (Å²) in [5.74, 6) is -0.214. The summed E-state index contributed by atoms with van der Waals surface area (Å²) >= 11 is 6.87. The summed E-state index contributed by atoms with van der Waals surface area (Å²) in [5.41, 5.74) is 0.513. The lowest BCUT2D eigenvalue weighted by Crippen LogP contribution is -2.34. The first kappa shape index (κ1) is 15.7. The fraction of sp³-hybridized carbons (Fsp3) is 0.214. The number of fused-ring (bicyclic) bond motifs is 1. The van der Waals surface area contributed by atoms with Gasteiger partial charge in [0.2, 0.25) is 6.79 Å². The monoisotopic (exact) mass is 355 g/mol. The van der Waals surface area contributed by atoms with Crippen molar-refractivity contribution in [1.82, 2.24) is 4.90 Å². The number of hydrogen-bond acceptors (Lipinski definition) is 7. The Hall–Kier alpha value is -2.19. The molecule has 0 N–H and O–H groups in total. The van der Waals surface area contributed by atoms with Crippen LogP contribution in [0, 0.1) is 0 Å². The molecule has 2 aliphatic heterocycles. The molecule has 0 aliphatic carbocycles. The van der Waals surface area contributed by atoms with E-state index in [2.05, 4.69) is 4.74 Å². The van der Waals surface area contributed by atoms with E-state index in [-0.39, 0.29) is 11.7 Å². The molecule has 0 saturated carbocycles. The summed E-state index contributed by atoms with van der Waals surface area (Å²) < 4.78 is 14.9. The number of halogens is 1. The number of carbonyl (C=O) groups is 3. The molecule has 9 heteroatoms. The largest absolute Gasteiger partial charge is 0.468 e. The third-order valence-electron chi connectivity index (χ3n) is 3.17. The maximum absolute atomic E-state index is 12.2. The van der Waals surface area contributed by atoms with Crippen LogP contribution >= 0.6 is 23.4 Å². The quantitative estimate of drug-likeness (QED) is 0.607. The van der Waals surface area contributed by atoms with Gasteiger partial charge in [0.05, 0.1) is 17.0 Å². The van der Waals surface area contributed by atoms with Gasteiger partial charge >= 0.3 is 5.97 Å². The van der Waals surface area contributed by atoms with Gasteiger partial charge in [-0.05, 0) is 29.5 Å². The highest BCUT2D eigenvalue weighted by Crippen LogP contribution is 2.39. The van der Waals surface area contributed by atoms with Gasteiger partial charge in [0.15, 0.2) is 11.5 Å². The van der Waals surface area contributed by atoms with E-state index < -0.39 is 23.7 Å². The number of ether oxygens (including phenoxy) is 3. The molecule has 3 rings (SSSR count). The fourth-order valence-corrected chi connectivity index (χ4v) is 3.05. The maximum Gasteiger partial charge on any atom is 0.325 e. The van der Waals surface area contributed by atoms with Crippen LogP contribution in [0.25, 0.3) is 6.08 Å². The number of esters is 1. The molecule has 7 nitrogen and oxygen atoms in total. The van der Waals surface area contributed by atoms with Crippen molar-refractivity contribution in [3.05, 3.63) is 27.6 Å². The summed E-state index contributed by atoms with van der Waals surface area (Å²) in [7, 11) is 1.18. The van der Waals surface area contributed by atoms with Gasteiger partial charge in [-0.3, -0.25) is 19.3 Å². The average Bonchev–Trinajstić information content (AvgIpc) is 3.07. The molecule has 2 aliphatic rings. The lowest BCUT2D eigenvalue weighted by atomic mass is 10.2. The topological polar surface area (TPSA) is 82.1 Å². The Kier molecular flexibility index (Phi) is 4.18. The molecule has 0 radical (unpaired) electrons. The van der Waals surface area contributed by atoms with Crippen molar-refractivity contribution in [1.29, 1.82) is 0 Å². The Labute approximate surface area is 140 Å². The van der Waals surface area contributed by atoms with Crippen molar-refractivity contribution < 1.29 is 28.6 Å². The molecular weight excluding hydrogens is 346 g/mol. The molecule has 23 heavy (non-hydrogen) atoms. The minimum atomic E-state index is -0.672.